The molecule has 1 aliphatic rings. The van der Waals surface area contributed by atoms with Gasteiger partial charge in [-0.2, -0.15) is 0 Å². The number of methoxy groups -OCH3 is 1. The molecule has 4 N–H and O–H groups in total. The Hall–Kier alpha value is -2.93. The van der Waals surface area contributed by atoms with Crippen LogP contribution < -0.4 is 9.47 Å². The van der Waals surface area contributed by atoms with Gasteiger partial charge in [-0.25, -0.2) is 0 Å². The molecule has 0 radical (unpaired) electrons. The van der Waals surface area contributed by atoms with Crippen molar-refractivity contribution in [2.45, 2.75) is 12.2 Å². The summed E-state index contributed by atoms with van der Waals surface area (Å²) in [4.78, 5) is 12.3. The van der Waals surface area contributed by atoms with Gasteiger partial charge < -0.3 is 29.9 Å². The molecule has 120 valence electrons. The van der Waals surface area contributed by atoms with Crippen LogP contribution in [0.4, 0.5) is 0 Å². The summed E-state index contributed by atoms with van der Waals surface area (Å²) in [6, 6.07) is 6.49. The third-order valence-electron chi connectivity index (χ3n) is 3.65. The molecule has 0 aromatic heterocycles. The van der Waals surface area contributed by atoms with E-state index in [1.54, 1.807) is 0 Å². The molecule has 0 fully saturated rings. The van der Waals surface area contributed by atoms with E-state index >= 15 is 0 Å². The summed E-state index contributed by atoms with van der Waals surface area (Å²) in [7, 11) is 1.39. The minimum absolute atomic E-state index is 0.0434. The van der Waals surface area contributed by atoms with Crippen molar-refractivity contribution in [3.8, 4) is 28.7 Å². The van der Waals surface area contributed by atoms with Crippen LogP contribution in [0.15, 0.2) is 30.3 Å². The zero-order valence-corrected chi connectivity index (χ0v) is 12.1. The number of rotatable bonds is 2. The molecule has 1 heterocycles. The van der Waals surface area contributed by atoms with Crippen molar-refractivity contribution in [2.75, 3.05) is 7.11 Å². The van der Waals surface area contributed by atoms with E-state index in [1.165, 1.54) is 31.4 Å². The van der Waals surface area contributed by atoms with Crippen molar-refractivity contribution in [1.29, 1.82) is 0 Å². The maximum Gasteiger partial charge on any atom is 0.202 e. The molecule has 0 bridgehead atoms. The van der Waals surface area contributed by atoms with E-state index in [1.807, 2.05) is 0 Å². The van der Waals surface area contributed by atoms with Crippen LogP contribution in [-0.4, -0.2) is 39.4 Å². The molecule has 0 amide bonds. The van der Waals surface area contributed by atoms with E-state index in [0.29, 0.717) is 5.56 Å². The molecule has 0 aliphatic carbocycles. The number of ether oxygens (including phenoxy) is 2. The average Bonchev–Trinajstić information content (AvgIpc) is 2.50. The molecule has 1 aliphatic heterocycles. The SMILES string of the molecule is COc1ccc([C@@H]2Oc3cc(O)cc(O)c3C(=O)[C@H]2O)cc1O. The van der Waals surface area contributed by atoms with E-state index < -0.39 is 23.7 Å². The van der Waals surface area contributed by atoms with E-state index in [-0.39, 0.29) is 28.6 Å². The van der Waals surface area contributed by atoms with Crippen LogP contribution in [0.25, 0.3) is 0 Å². The first-order valence-corrected chi connectivity index (χ1v) is 6.74. The lowest BCUT2D eigenvalue weighted by Crippen LogP contribution is -2.36. The predicted octanol–water partition coefficient (Wildman–Crippen LogP) is 1.49. The minimum atomic E-state index is -1.56. The third kappa shape index (κ3) is 2.40. The normalized spacial score (nSPS) is 19.8. The van der Waals surface area contributed by atoms with Crippen LogP contribution in [-0.2, 0) is 0 Å². The lowest BCUT2D eigenvalue weighted by atomic mass is 9.92. The van der Waals surface area contributed by atoms with Crippen molar-refractivity contribution in [1.82, 2.24) is 0 Å². The van der Waals surface area contributed by atoms with Gasteiger partial charge in [0.15, 0.2) is 23.7 Å². The van der Waals surface area contributed by atoms with Crippen molar-refractivity contribution < 1.29 is 34.7 Å². The molecule has 7 nitrogen and oxygen atoms in total. The standard InChI is InChI=1S/C16H14O7/c1-22-11-3-2-7(4-9(11)18)16-15(21)14(20)13-10(19)5-8(17)6-12(13)23-16/h2-6,15-19,21H,1H3/t15-,16+/m1/s1. The zero-order valence-electron chi connectivity index (χ0n) is 12.1. The van der Waals surface area contributed by atoms with Gasteiger partial charge in [-0.05, 0) is 17.7 Å². The fraction of sp³-hybridized carbons (Fsp3) is 0.188. The molecule has 0 unspecified atom stereocenters. The maximum atomic E-state index is 12.3. The number of fused-ring (bicyclic) bond motifs is 1. The Morgan fingerprint density at radius 3 is 2.48 bits per heavy atom. The number of phenolic OH excluding ortho intramolecular Hbond substituents is 3. The van der Waals surface area contributed by atoms with Gasteiger partial charge in [0.25, 0.3) is 0 Å². The number of phenols is 3. The van der Waals surface area contributed by atoms with Crippen molar-refractivity contribution >= 4 is 5.78 Å². The summed E-state index contributed by atoms with van der Waals surface area (Å²) in [5.41, 5.74) is 0.155. The summed E-state index contributed by atoms with van der Waals surface area (Å²) in [5.74, 6) is -1.46. The van der Waals surface area contributed by atoms with E-state index in [4.69, 9.17) is 9.47 Å². The largest absolute Gasteiger partial charge is 0.508 e. The number of hydrogen-bond donors (Lipinski definition) is 4. The van der Waals surface area contributed by atoms with Gasteiger partial charge in [0, 0.05) is 12.1 Å². The first-order valence-electron chi connectivity index (χ1n) is 6.74. The number of carbonyl (C=O) groups excluding carboxylic acids is 1. The Bertz CT molecular complexity index is 784. The van der Waals surface area contributed by atoms with Crippen LogP contribution in [0.5, 0.6) is 28.7 Å². The van der Waals surface area contributed by atoms with Crippen LogP contribution >= 0.6 is 0 Å². The molecule has 0 saturated heterocycles. The van der Waals surface area contributed by atoms with Crippen LogP contribution in [0, 0.1) is 0 Å². The van der Waals surface area contributed by atoms with Gasteiger partial charge in [0.1, 0.15) is 22.8 Å². The Morgan fingerprint density at radius 1 is 1.09 bits per heavy atom. The number of ketones is 1. The number of benzene rings is 2. The summed E-state index contributed by atoms with van der Waals surface area (Å²) in [5, 5.41) is 39.3. The second-order valence-corrected chi connectivity index (χ2v) is 5.12. The Labute approximate surface area is 131 Å². The number of carbonyl (C=O) groups is 1. The first kappa shape index (κ1) is 15.0. The molecule has 2 aromatic rings. The molecule has 2 atom stereocenters. The van der Waals surface area contributed by atoms with Gasteiger partial charge in [0.2, 0.25) is 5.78 Å². The van der Waals surface area contributed by atoms with Crippen LogP contribution in [0.3, 0.4) is 0 Å². The maximum absolute atomic E-state index is 12.3. The number of aromatic hydroxyl groups is 3. The molecule has 0 spiro atoms. The topological polar surface area (TPSA) is 116 Å². The molecule has 23 heavy (non-hydrogen) atoms. The Kier molecular flexibility index (Phi) is 3.49. The average molecular weight is 318 g/mol. The van der Waals surface area contributed by atoms with E-state index in [0.717, 1.165) is 6.07 Å². The van der Waals surface area contributed by atoms with Gasteiger partial charge in [-0.1, -0.05) is 6.07 Å². The van der Waals surface area contributed by atoms with Gasteiger partial charge in [-0.3, -0.25) is 4.79 Å². The molecular weight excluding hydrogens is 304 g/mol. The highest BCUT2D eigenvalue weighted by Crippen LogP contribution is 2.42. The Morgan fingerprint density at radius 2 is 1.83 bits per heavy atom. The lowest BCUT2D eigenvalue weighted by molar-refractivity contribution is 0.0210. The molecular formula is C16H14O7. The third-order valence-corrected chi connectivity index (χ3v) is 3.65. The second-order valence-electron chi connectivity index (χ2n) is 5.12. The molecule has 2 aromatic carbocycles. The number of Topliss-reactive ketones (excluding diaryl/α,β-unsaturated/α-hetero) is 1. The van der Waals surface area contributed by atoms with Gasteiger partial charge >= 0.3 is 0 Å². The van der Waals surface area contributed by atoms with Crippen molar-refractivity contribution in [3.05, 3.63) is 41.5 Å². The highest BCUT2D eigenvalue weighted by atomic mass is 16.5. The smallest absolute Gasteiger partial charge is 0.202 e. The molecule has 0 saturated carbocycles. The first-order chi connectivity index (χ1) is 10.9. The van der Waals surface area contributed by atoms with E-state index in [9.17, 15) is 25.2 Å². The number of aliphatic hydroxyl groups excluding tert-OH is 1. The number of hydrogen-bond acceptors (Lipinski definition) is 7. The fourth-order valence-corrected chi connectivity index (χ4v) is 2.55. The monoisotopic (exact) mass is 318 g/mol. The van der Waals surface area contributed by atoms with Gasteiger partial charge in [0.05, 0.1) is 7.11 Å². The highest BCUT2D eigenvalue weighted by molar-refractivity contribution is 6.05. The van der Waals surface area contributed by atoms with Crippen LogP contribution in [0.2, 0.25) is 0 Å². The quantitative estimate of drug-likeness (QED) is 0.663. The fourth-order valence-electron chi connectivity index (χ4n) is 2.55. The molecule has 3 rings (SSSR count). The summed E-state index contributed by atoms with van der Waals surface area (Å²) in [6.45, 7) is 0. The van der Waals surface area contributed by atoms with Crippen LogP contribution in [0.1, 0.15) is 22.0 Å². The predicted molar refractivity (Wildman–Crippen MR) is 78.1 cm³/mol. The lowest BCUT2D eigenvalue weighted by Gasteiger charge is -2.30. The van der Waals surface area contributed by atoms with Gasteiger partial charge in [-0.15, -0.1) is 0 Å². The molecule has 7 heteroatoms. The summed E-state index contributed by atoms with van der Waals surface area (Å²) >= 11 is 0. The van der Waals surface area contributed by atoms with E-state index in [2.05, 4.69) is 0 Å². The summed E-state index contributed by atoms with van der Waals surface area (Å²) in [6.07, 6.45) is -2.65. The Balaban J connectivity index is 2.05. The van der Waals surface area contributed by atoms with Crippen molar-refractivity contribution in [2.24, 2.45) is 0 Å². The minimum Gasteiger partial charge on any atom is -0.508 e. The van der Waals surface area contributed by atoms with Crippen molar-refractivity contribution in [3.63, 3.8) is 0 Å². The zero-order chi connectivity index (χ0) is 16.7. The second kappa shape index (κ2) is 5.36. The summed E-state index contributed by atoms with van der Waals surface area (Å²) < 4.78 is 10.5. The number of aliphatic hydroxyl groups is 1. The highest BCUT2D eigenvalue weighted by Gasteiger charge is 2.39.